The zero-order chi connectivity index (χ0) is 109. The average Bonchev–Trinajstić information content (AvgIpc) is 0.880. The predicted molar refractivity (Wildman–Crippen MR) is 663 cm³/mol. The lowest BCUT2D eigenvalue weighted by atomic mass is 10.1. The number of fused-ring (bicyclic) bond motifs is 2. The summed E-state index contributed by atoms with van der Waals surface area (Å²) in [6.07, 6.45) is 0. The van der Waals surface area contributed by atoms with Crippen LogP contribution in [0.2, 0.25) is 40.2 Å². The molecule has 0 aromatic heterocycles. The molecule has 0 radical (unpaired) electrons. The van der Waals surface area contributed by atoms with Crippen molar-refractivity contribution in [3.05, 3.63) is 382 Å². The average molecular weight is 2330 g/mol. The van der Waals surface area contributed by atoms with Gasteiger partial charge < -0.3 is 14.2 Å². The van der Waals surface area contributed by atoms with Crippen LogP contribution < -0.4 is 14.2 Å². The molecule has 13 rings (SSSR count). The second kappa shape index (κ2) is 75.0. The van der Waals surface area contributed by atoms with E-state index in [1.165, 1.54) is 138 Å². The third kappa shape index (κ3) is 60.3. The number of rotatable bonds is 24. The van der Waals surface area contributed by atoms with Crippen LogP contribution in [0.25, 0.3) is 10.8 Å². The van der Waals surface area contributed by atoms with Crippen LogP contribution in [0.15, 0.2) is 243 Å². The molecule has 0 bridgehead atoms. The summed E-state index contributed by atoms with van der Waals surface area (Å²) in [7, 11) is 1.69. The summed E-state index contributed by atoms with van der Waals surface area (Å²) in [5.41, 5.74) is 18.9. The van der Waals surface area contributed by atoms with Gasteiger partial charge in [0.05, 0.1) is 67.5 Å². The van der Waals surface area contributed by atoms with E-state index < -0.39 is 4.92 Å². The van der Waals surface area contributed by atoms with E-state index in [1.54, 1.807) is 143 Å². The zero-order valence-electron chi connectivity index (χ0n) is 84.6. The fourth-order valence-corrected chi connectivity index (χ4v) is 20.3. The van der Waals surface area contributed by atoms with Gasteiger partial charge in [-0.15, -0.1) is 129 Å². The molecule has 11 N–H and O–H groups in total. The molecule has 146 heavy (non-hydrogen) atoms. The number of nitrogens with one attached hydrogen (secondary N) is 11. The highest BCUT2D eigenvalue weighted by Crippen LogP contribution is 2.37. The van der Waals surface area contributed by atoms with Gasteiger partial charge in [-0.25, -0.2) is 0 Å². The molecule has 778 valence electrons. The van der Waals surface area contributed by atoms with Crippen LogP contribution in [-0.4, -0.2) is 74.3 Å². The van der Waals surface area contributed by atoms with Gasteiger partial charge >= 0.3 is 0 Å². The summed E-state index contributed by atoms with van der Waals surface area (Å²) in [5, 5.41) is 105. The third-order valence-corrected chi connectivity index (χ3v) is 31.2. The molecule has 12 aromatic rings. The molecule has 0 atom stereocenters. The van der Waals surface area contributed by atoms with Crippen molar-refractivity contribution in [1.82, 2.24) is 0 Å². The lowest BCUT2D eigenvalue weighted by molar-refractivity contribution is -0.384. The number of nitro benzene ring substituents is 1. The number of ether oxygens (including phenoxy) is 3. The molecule has 0 amide bonds. The van der Waals surface area contributed by atoms with Gasteiger partial charge in [0.25, 0.3) is 5.69 Å². The molecule has 1 aliphatic heterocycles. The molecule has 17 nitrogen and oxygen atoms in total. The molecule has 0 saturated heterocycles. The first kappa shape index (κ1) is 132. The SMILES string of the molecule is CC(=N)SCc1c(Cl)cc(Cl)cc1Cl.CC(=N)SCc1c(Cl)cccc1Cl.CC(=N)SCc1ccc(C)cc1.CC(=N)SCc1ccc(C)cc1.CC(=N)SCc1ccc(C)cc1.CC(=N)SCc1ccc(Cl)c2ccccc12.CC(=N)SCc1ccc(Cl)cc1Cl.CC(=N)SCc1ccc([N+](=O)[O-])cc1.CC(=N)SCc1ccc2c(c1)OCO2.CC(=N)SCc1ccccc1.COc1cc(CSC(C)=N)cc(C)c1C. The van der Waals surface area contributed by atoms with Crippen LogP contribution in [-0.2, 0) is 63.3 Å². The first-order chi connectivity index (χ1) is 69.1. The summed E-state index contributed by atoms with van der Waals surface area (Å²) >= 11 is 64.0. The van der Waals surface area contributed by atoms with Crippen molar-refractivity contribution in [1.29, 1.82) is 59.5 Å². The molecule has 0 fully saturated rings. The van der Waals surface area contributed by atoms with E-state index in [9.17, 15) is 10.1 Å². The topological polar surface area (TPSA) is 333 Å². The van der Waals surface area contributed by atoms with Crippen molar-refractivity contribution in [2.75, 3.05) is 13.9 Å². The lowest BCUT2D eigenvalue weighted by Gasteiger charge is -2.10. The van der Waals surface area contributed by atoms with Gasteiger partial charge in [0.1, 0.15) is 5.75 Å². The van der Waals surface area contributed by atoms with Crippen LogP contribution in [0.4, 0.5) is 5.69 Å². The van der Waals surface area contributed by atoms with Crippen LogP contribution in [0.5, 0.6) is 17.2 Å². The van der Waals surface area contributed by atoms with Gasteiger partial charge in [-0.1, -0.05) is 279 Å². The van der Waals surface area contributed by atoms with Gasteiger partial charge in [0.15, 0.2) is 11.5 Å². The molecular formula is C110H126Cl8N12O5S11. The van der Waals surface area contributed by atoms with Crippen LogP contribution in [0.3, 0.4) is 0 Å². The monoisotopic (exact) mass is 2330 g/mol. The van der Waals surface area contributed by atoms with Crippen LogP contribution in [0, 0.1) is 104 Å². The normalized spacial score (nSPS) is 10.3. The van der Waals surface area contributed by atoms with Gasteiger partial charge in [0.2, 0.25) is 6.79 Å². The molecule has 12 aromatic carbocycles. The Kier molecular flexibility index (Phi) is 68.0. The quantitative estimate of drug-likeness (QED) is 0.0116. The Morgan fingerprint density at radius 1 is 0.295 bits per heavy atom. The summed E-state index contributed by atoms with van der Waals surface area (Å²) < 4.78 is 15.8. The number of nitrogens with zero attached hydrogens (tertiary/aromatic N) is 1. The highest BCUT2D eigenvalue weighted by atomic mass is 35.5. The number of hydrogen-bond acceptors (Lipinski definition) is 27. The Hall–Kier alpha value is -7.76. The molecule has 1 heterocycles. The largest absolute Gasteiger partial charge is 0.496 e. The third-order valence-electron chi connectivity index (χ3n) is 18.8. The number of non-ortho nitro benzene ring substituents is 1. The Morgan fingerprint density at radius 3 is 1.01 bits per heavy atom. The maximum Gasteiger partial charge on any atom is 0.269 e. The van der Waals surface area contributed by atoms with Crippen LogP contribution in [0.1, 0.15) is 165 Å². The number of nitro groups is 1. The number of thioether (sulfide) groups is 11. The van der Waals surface area contributed by atoms with Crippen molar-refractivity contribution in [2.45, 2.75) is 174 Å². The Labute approximate surface area is 950 Å². The number of benzene rings is 12. The van der Waals surface area contributed by atoms with E-state index in [0.717, 1.165) is 101 Å². The predicted octanol–water partition coefficient (Wildman–Crippen LogP) is 39.7. The van der Waals surface area contributed by atoms with E-state index in [-0.39, 0.29) is 5.69 Å². The first-order valence-corrected chi connectivity index (χ1v) is 58.6. The molecule has 0 saturated carbocycles. The van der Waals surface area contributed by atoms with E-state index in [2.05, 4.69) is 138 Å². The molecule has 1 aliphatic rings. The highest BCUT2D eigenvalue weighted by Gasteiger charge is 2.16. The van der Waals surface area contributed by atoms with Gasteiger partial charge in [-0.3, -0.25) is 69.6 Å². The van der Waals surface area contributed by atoms with E-state index in [1.807, 2.05) is 139 Å². The zero-order valence-corrected chi connectivity index (χ0v) is 99.6. The molecule has 36 heteroatoms. The number of methoxy groups -OCH3 is 1. The standard InChI is InChI=1S/C13H12ClNS.C12H17NOS.C10H11NO2S.3C10H13NS.C9H8Cl3NS.2C9H9Cl2NS.C9H10N2O2S.C9H11NS/c1-9(15)16-8-10-6-7-13(14)12-5-3-2-4-11(10)12;1-8-5-11(7-15-10(3)13)6-12(14-4)9(8)2;1-7(11)14-5-8-2-3-9-10(4-8)13-6-12-9;3*1-8-3-5-10(6-4-8)7-12-9(2)11;1-5(13)14-4-7-8(11)2-6(10)3-9(7)12;1-6(12)13-5-7-2-3-8(10)4-9(7)11;1-6(12)13-5-7-8(10)3-2-4-9(7)11;1-7(10)14-6-8-2-4-9(5-3-8)11(12)13;1-8(10)11-7-9-5-3-2-4-6-9/h2-7,15H,8H2,1H3;5-6,13H,7H2,1-4H3;2-4,11H,5-6H2,1H3;3*3-6,11H,7H2,1-2H3;2-3,13H,4H2,1H3;2*2-4,12H,5H2,1H3;2-5,10H,6H2,1H3;2-6,10H,7H2,1H3. The Morgan fingerprint density at radius 2 is 0.616 bits per heavy atom. The van der Waals surface area contributed by atoms with Crippen molar-refractivity contribution in [2.24, 2.45) is 0 Å². The van der Waals surface area contributed by atoms with E-state index >= 15 is 0 Å². The Balaban J connectivity index is 0.000000413. The number of halogens is 8. The molecular weight excluding hydrogens is 2210 g/mol. The smallest absolute Gasteiger partial charge is 0.269 e. The summed E-state index contributed by atoms with van der Waals surface area (Å²) in [6, 6.07) is 78.3. The molecule has 0 aliphatic carbocycles. The van der Waals surface area contributed by atoms with Gasteiger partial charge in [-0.2, -0.15) is 0 Å². The number of hydrogen-bond donors (Lipinski definition) is 11. The van der Waals surface area contributed by atoms with Crippen molar-refractivity contribution >= 4 is 294 Å². The van der Waals surface area contributed by atoms with E-state index in [4.69, 9.17) is 167 Å². The maximum absolute atomic E-state index is 10.3. The second-order valence-corrected chi connectivity index (χ2v) is 48.0. The van der Waals surface area contributed by atoms with Crippen LogP contribution >= 0.6 is 222 Å². The number of aryl methyl sites for hydroxylation is 4. The molecule has 0 unspecified atom stereocenters. The fraction of sp³-hybridized carbons (Fsp3) is 0.264. The van der Waals surface area contributed by atoms with Crippen molar-refractivity contribution in [3.63, 3.8) is 0 Å². The van der Waals surface area contributed by atoms with Gasteiger partial charge in [0, 0.05) is 121 Å². The minimum absolute atomic E-state index is 0.102. The fourth-order valence-electron chi connectivity index (χ4n) is 11.1. The van der Waals surface area contributed by atoms with Gasteiger partial charge in [-0.05, 0) is 249 Å². The lowest BCUT2D eigenvalue weighted by Crippen LogP contribution is -1.94. The van der Waals surface area contributed by atoms with E-state index in [0.29, 0.717) is 115 Å². The first-order valence-electron chi connectivity index (χ1n) is 44.7. The summed E-state index contributed by atoms with van der Waals surface area (Å²) in [6.45, 7) is 30.3. The summed E-state index contributed by atoms with van der Waals surface area (Å²) in [4.78, 5) is 9.93. The minimum Gasteiger partial charge on any atom is -0.496 e. The van der Waals surface area contributed by atoms with Crippen molar-refractivity contribution < 1.29 is 19.1 Å². The second-order valence-electron chi connectivity index (χ2n) is 31.6. The summed E-state index contributed by atoms with van der Waals surface area (Å²) in [5.74, 6) is 11.4. The minimum atomic E-state index is -0.418. The van der Waals surface area contributed by atoms with Crippen molar-refractivity contribution in [3.8, 4) is 17.2 Å². The maximum atomic E-state index is 10.3. The highest BCUT2D eigenvalue weighted by molar-refractivity contribution is 8.15. The molecule has 0 spiro atoms. The Bertz CT molecular complexity index is 6080.